The second-order valence-electron chi connectivity index (χ2n) is 23.7. The lowest BCUT2D eigenvalue weighted by atomic mass is 9.95. The van der Waals surface area contributed by atoms with Crippen LogP contribution in [0.5, 0.6) is 0 Å². The van der Waals surface area contributed by atoms with Crippen LogP contribution in [0.2, 0.25) is 46.6 Å². The molecular weight excluding hydrogens is 1140 g/mol. The van der Waals surface area contributed by atoms with Crippen molar-refractivity contribution in [2.24, 2.45) is 0 Å². The molecule has 4 aromatic carbocycles. The van der Waals surface area contributed by atoms with Crippen LogP contribution < -0.4 is 10.6 Å². The first kappa shape index (κ1) is 65.7. The van der Waals surface area contributed by atoms with Crippen molar-refractivity contribution in [2.75, 3.05) is 0 Å². The summed E-state index contributed by atoms with van der Waals surface area (Å²) in [6.45, 7) is 22.4. The maximum atomic E-state index is 13.4. The van der Waals surface area contributed by atoms with E-state index < -0.39 is 40.3 Å². The van der Waals surface area contributed by atoms with E-state index >= 15 is 0 Å². The van der Waals surface area contributed by atoms with Crippen LogP contribution in [0.3, 0.4) is 0 Å². The van der Waals surface area contributed by atoms with Crippen molar-refractivity contribution < 1.29 is 33.1 Å². The predicted octanol–water partition coefficient (Wildman–Crippen LogP) is 15.8. The number of aliphatic hydroxyl groups excluding tert-OH is 1. The van der Waals surface area contributed by atoms with Crippen molar-refractivity contribution in [2.45, 2.75) is 137 Å². The number of hydrogen-bond acceptors (Lipinski definition) is 7. The van der Waals surface area contributed by atoms with Gasteiger partial charge in [0.05, 0.1) is 52.2 Å². The Labute approximate surface area is 506 Å². The van der Waals surface area contributed by atoms with Gasteiger partial charge >= 0.3 is 0 Å². The third-order valence-corrected chi connectivity index (χ3v) is 26.1. The molecule has 83 heavy (non-hydrogen) atoms. The maximum Gasteiger partial charge on any atom is 0.259 e. The Kier molecular flexibility index (Phi) is 19.8. The molecule has 2 aliphatic carbocycles. The standard InChI is InChI=1S/C31H32ClN3O3Si.C20H12ClN3O2.C11H22O2Si.3CH4.H2S/c1-31(2,3)39(4,5)38-19-15-14-18(16-19)35-24-13-9-7-11-21(24)25(28(35)32)27-26(29(36)34-30(27)37)22-17-33-23-12-8-6-10-20(22)23;21-18-15(11-6-2-4-8-14(11)23-18)17-16(19(25)24-20(17)26)12-9-22-13-7-3-1-5-10(12)13;1-11(2,3)14(4,5)13-10-7-6-9(12)8-10;;;;/h6-15,17-19,33H,16H2,1-5H3,(H,34,36,37);1-9,22-23H,(H,24,25,26);6-7,9-10,12H,8H2,1-5H3;3*1H4;1H2/t18-,19+;;9-,10-;;;;/m1.0..../s1. The Balaban J connectivity index is 0.000000217. The number of fused-ring (bicyclic) bond motifs is 4. The molecule has 12 rings (SSSR count). The van der Waals surface area contributed by atoms with Crippen LogP contribution in [-0.4, -0.2) is 83.2 Å². The summed E-state index contributed by atoms with van der Waals surface area (Å²) in [5.74, 6) is -1.72. The molecule has 4 atom stereocenters. The quantitative estimate of drug-likeness (QED) is 0.0472. The number of aliphatic hydroxyl groups is 1. The summed E-state index contributed by atoms with van der Waals surface area (Å²) in [5, 5.41) is 18.8. The number of imide groups is 2. The number of aromatic nitrogens is 4. The number of H-pyrrole nitrogens is 3. The Morgan fingerprint density at radius 2 is 0.940 bits per heavy atom. The third-order valence-electron chi connectivity index (χ3n) is 16.5. The SMILES string of the molecule is C.C.C.CC(C)(C)[Si](C)(C)O[C@H]1C=C[C@@H](n2c(Cl)c(C3=C(c4c[nH]c5ccccc45)C(=O)NC3=O)c3ccccc32)C1.CC(C)(C)[Si](C)(C)O[C@H]1C=C[C@H](O)C1.O=C1NC(=O)C(c2c(Cl)[nH]c3ccccc23)=C1c1c[nH]c2ccccc12.S. The van der Waals surface area contributed by atoms with E-state index in [0.717, 1.165) is 56.5 Å². The molecule has 4 amide bonds. The minimum absolute atomic E-state index is 0. The number of rotatable bonds is 9. The number of amides is 4. The zero-order chi connectivity index (χ0) is 56.5. The normalized spacial score (nSPS) is 18.9. The number of nitrogens with zero attached hydrogens (tertiary/aromatic N) is 1. The lowest BCUT2D eigenvalue weighted by molar-refractivity contribution is -0.124. The van der Waals surface area contributed by atoms with E-state index in [4.69, 9.17) is 32.1 Å². The minimum atomic E-state index is -1.96. The average molecular weight is 1220 g/mol. The van der Waals surface area contributed by atoms with Gasteiger partial charge < -0.3 is 33.5 Å². The van der Waals surface area contributed by atoms with Crippen LogP contribution in [0, 0.1) is 0 Å². The van der Waals surface area contributed by atoms with Crippen molar-refractivity contribution in [3.63, 3.8) is 0 Å². The van der Waals surface area contributed by atoms with Gasteiger partial charge in [0.1, 0.15) is 10.3 Å². The van der Waals surface area contributed by atoms with Gasteiger partial charge in [-0.15, -0.1) is 0 Å². The number of carbonyl (C=O) groups is 4. The van der Waals surface area contributed by atoms with Crippen molar-refractivity contribution in [3.05, 3.63) is 166 Å². The van der Waals surface area contributed by atoms with Crippen LogP contribution in [-0.2, 0) is 28.0 Å². The molecule has 4 aliphatic rings. The molecule has 18 heteroatoms. The van der Waals surface area contributed by atoms with Gasteiger partial charge in [0, 0.05) is 85.6 Å². The third kappa shape index (κ3) is 12.4. The monoisotopic (exact) mass is 1210 g/mol. The number of hydrogen-bond donors (Lipinski definition) is 6. The van der Waals surface area contributed by atoms with Gasteiger partial charge in [-0.1, -0.05) is 184 Å². The zero-order valence-corrected chi connectivity index (χ0v) is 51.0. The molecule has 0 radical (unpaired) electrons. The fourth-order valence-corrected chi connectivity index (χ4v) is 13.7. The highest BCUT2D eigenvalue weighted by atomic mass is 35.5. The van der Waals surface area contributed by atoms with Crippen LogP contribution >= 0.6 is 36.7 Å². The number of nitrogens with one attached hydrogen (secondary N) is 5. The van der Waals surface area contributed by atoms with Crippen LogP contribution in [0.4, 0.5) is 0 Å². The molecule has 0 bridgehead atoms. The molecule has 4 aromatic heterocycles. The Morgan fingerprint density at radius 3 is 1.42 bits per heavy atom. The lowest BCUT2D eigenvalue weighted by Gasteiger charge is -2.38. The molecule has 0 spiro atoms. The summed E-state index contributed by atoms with van der Waals surface area (Å²) in [6.07, 6.45) is 12.9. The van der Waals surface area contributed by atoms with Gasteiger partial charge in [-0.05, 0) is 60.5 Å². The molecule has 8 aromatic rings. The van der Waals surface area contributed by atoms with Crippen LogP contribution in [0.25, 0.3) is 65.9 Å². The number of benzene rings is 4. The molecule has 0 saturated carbocycles. The Morgan fingerprint density at radius 1 is 0.530 bits per heavy atom. The first-order valence-corrected chi connectivity index (χ1v) is 33.2. The summed E-state index contributed by atoms with van der Waals surface area (Å²) in [5.41, 5.74) is 7.27. The highest BCUT2D eigenvalue weighted by Crippen LogP contribution is 2.47. The summed E-state index contributed by atoms with van der Waals surface area (Å²) in [6, 6.07) is 30.7. The van der Waals surface area contributed by atoms with Crippen LogP contribution in [0.1, 0.15) is 105 Å². The van der Waals surface area contributed by atoms with Gasteiger partial charge in [-0.25, -0.2) is 0 Å². The molecule has 6 N–H and O–H groups in total. The van der Waals surface area contributed by atoms with Crippen molar-refractivity contribution in [1.29, 1.82) is 0 Å². The number of carbonyl (C=O) groups excluding carboxylic acids is 4. The molecule has 440 valence electrons. The number of halogens is 2. The van der Waals surface area contributed by atoms with E-state index in [1.165, 1.54) is 0 Å². The average Bonchev–Trinajstić information content (AvgIpc) is 2.41. The second kappa shape index (κ2) is 25.0. The summed E-state index contributed by atoms with van der Waals surface area (Å²) >= 11 is 13.6. The van der Waals surface area contributed by atoms with Crippen LogP contribution in [0.15, 0.2) is 134 Å². The van der Waals surface area contributed by atoms with Gasteiger partial charge in [0.2, 0.25) is 0 Å². The molecular formula is C65H80Cl2N6O7SSi2. The topological polar surface area (TPSA) is 183 Å². The fourth-order valence-electron chi connectivity index (χ4n) is 10.4. The van der Waals surface area contributed by atoms with Crippen molar-refractivity contribution in [1.82, 2.24) is 30.2 Å². The van der Waals surface area contributed by atoms with E-state index in [0.29, 0.717) is 54.9 Å². The lowest BCUT2D eigenvalue weighted by Crippen LogP contribution is -2.43. The van der Waals surface area contributed by atoms with Gasteiger partial charge in [-0.2, -0.15) is 13.5 Å². The van der Waals surface area contributed by atoms with E-state index in [9.17, 15) is 24.3 Å². The van der Waals surface area contributed by atoms with E-state index in [1.54, 1.807) is 12.4 Å². The molecule has 13 nitrogen and oxygen atoms in total. The summed E-state index contributed by atoms with van der Waals surface area (Å²) in [4.78, 5) is 61.3. The smallest absolute Gasteiger partial charge is 0.259 e. The zero-order valence-electron chi connectivity index (χ0n) is 46.5. The number of para-hydroxylation sites is 4. The minimum Gasteiger partial charge on any atom is -0.410 e. The number of aromatic amines is 3. The predicted molar refractivity (Wildman–Crippen MR) is 354 cm³/mol. The Hall–Kier alpha value is -6.48. The van der Waals surface area contributed by atoms with E-state index in [-0.39, 0.29) is 70.2 Å². The van der Waals surface area contributed by atoms with Crippen molar-refractivity contribution in [3.8, 4) is 0 Å². The Bertz CT molecular complexity index is 3910. The highest BCUT2D eigenvalue weighted by molar-refractivity contribution is 7.59. The molecule has 0 fully saturated rings. The molecule has 2 aliphatic heterocycles. The fraction of sp³-hybridized carbons (Fsp3) is 0.323. The molecule has 0 saturated heterocycles. The number of allylic oxidation sites excluding steroid dienone is 1. The summed E-state index contributed by atoms with van der Waals surface area (Å²) in [7, 11) is -3.62. The largest absolute Gasteiger partial charge is 0.410 e. The van der Waals surface area contributed by atoms with E-state index in [2.05, 4.69) is 110 Å². The second-order valence-corrected chi connectivity index (χ2v) is 33.9. The van der Waals surface area contributed by atoms with Crippen molar-refractivity contribution >= 4 is 143 Å². The first-order chi connectivity index (χ1) is 37.3. The van der Waals surface area contributed by atoms with Gasteiger partial charge in [0.15, 0.2) is 16.6 Å². The summed E-state index contributed by atoms with van der Waals surface area (Å²) < 4.78 is 14.9. The van der Waals surface area contributed by atoms with Gasteiger partial charge in [-0.3, -0.25) is 29.8 Å². The van der Waals surface area contributed by atoms with E-state index in [1.807, 2.05) is 109 Å². The first-order valence-electron chi connectivity index (χ1n) is 26.6. The molecule has 0 unspecified atom stereocenters. The highest BCUT2D eigenvalue weighted by Gasteiger charge is 2.43. The van der Waals surface area contributed by atoms with Gasteiger partial charge in [0.25, 0.3) is 23.6 Å². The molecule has 6 heterocycles. The maximum absolute atomic E-state index is 13.4.